The van der Waals surface area contributed by atoms with Crippen LogP contribution in [0.5, 0.6) is 0 Å². The quantitative estimate of drug-likeness (QED) is 0.907. The van der Waals surface area contributed by atoms with Crippen LogP contribution in [0.4, 0.5) is 13.2 Å². The van der Waals surface area contributed by atoms with E-state index < -0.39 is 12.0 Å². The third kappa shape index (κ3) is 2.87. The lowest BCUT2D eigenvalue weighted by atomic mass is 10.1. The van der Waals surface area contributed by atoms with Gasteiger partial charge in [-0.15, -0.1) is 0 Å². The number of pyridine rings is 1. The summed E-state index contributed by atoms with van der Waals surface area (Å²) in [6, 6.07) is 1.77. The Bertz CT molecular complexity index is 579. The van der Waals surface area contributed by atoms with E-state index in [1.165, 1.54) is 0 Å². The Labute approximate surface area is 107 Å². The van der Waals surface area contributed by atoms with Crippen molar-refractivity contribution in [1.29, 1.82) is 0 Å². The predicted molar refractivity (Wildman–Crippen MR) is 62.9 cm³/mol. The van der Waals surface area contributed by atoms with Gasteiger partial charge < -0.3 is 5.73 Å². The molecular weight excluding hydrogens is 257 g/mol. The van der Waals surface area contributed by atoms with Crippen LogP contribution in [0.25, 0.3) is 11.1 Å². The van der Waals surface area contributed by atoms with Crippen LogP contribution in [-0.2, 0) is 12.7 Å². The van der Waals surface area contributed by atoms with Gasteiger partial charge in [0.25, 0.3) is 0 Å². The minimum atomic E-state index is -4.54. The van der Waals surface area contributed by atoms with Crippen LogP contribution in [0, 0.1) is 6.92 Å². The monoisotopic (exact) mass is 268 g/mol. The van der Waals surface area contributed by atoms with Crippen LogP contribution >= 0.6 is 0 Å². The lowest BCUT2D eigenvalue weighted by molar-refractivity contribution is -0.144. The van der Waals surface area contributed by atoms with Gasteiger partial charge in [0.15, 0.2) is 0 Å². The Morgan fingerprint density at radius 1 is 1.05 bits per heavy atom. The number of nitrogens with two attached hydrogens (primary N) is 1. The van der Waals surface area contributed by atoms with E-state index in [-0.39, 0.29) is 0 Å². The maximum atomic E-state index is 12.3. The van der Waals surface area contributed by atoms with Gasteiger partial charge in [-0.2, -0.15) is 13.2 Å². The number of hydrogen-bond acceptors (Lipinski definition) is 4. The summed E-state index contributed by atoms with van der Waals surface area (Å²) in [5.41, 5.74) is 8.29. The van der Waals surface area contributed by atoms with Crippen molar-refractivity contribution in [1.82, 2.24) is 15.0 Å². The van der Waals surface area contributed by atoms with Gasteiger partial charge in [0, 0.05) is 42.0 Å². The largest absolute Gasteiger partial charge is 0.451 e. The van der Waals surface area contributed by atoms with E-state index in [0.717, 1.165) is 23.7 Å². The highest BCUT2D eigenvalue weighted by atomic mass is 19.4. The van der Waals surface area contributed by atoms with E-state index in [2.05, 4.69) is 15.0 Å². The maximum Gasteiger partial charge on any atom is 0.451 e. The molecule has 19 heavy (non-hydrogen) atoms. The molecule has 0 radical (unpaired) electrons. The number of aromatic nitrogens is 3. The van der Waals surface area contributed by atoms with Gasteiger partial charge >= 0.3 is 6.18 Å². The van der Waals surface area contributed by atoms with Gasteiger partial charge in [-0.3, -0.25) is 4.98 Å². The Morgan fingerprint density at radius 3 is 2.16 bits per heavy atom. The molecule has 0 bridgehead atoms. The van der Waals surface area contributed by atoms with Crippen LogP contribution in [0.3, 0.4) is 0 Å². The molecule has 0 aliphatic heterocycles. The van der Waals surface area contributed by atoms with Crippen molar-refractivity contribution >= 4 is 0 Å². The van der Waals surface area contributed by atoms with Gasteiger partial charge in [-0.25, -0.2) is 9.97 Å². The maximum absolute atomic E-state index is 12.3. The van der Waals surface area contributed by atoms with Crippen molar-refractivity contribution in [3.05, 3.63) is 41.7 Å². The average molecular weight is 268 g/mol. The Balaban J connectivity index is 2.37. The standard InChI is InChI=1S/C12H11F3N4/c1-7-8(3-16)2-9(4-17-7)10-5-18-11(19-6-10)12(13,14)15/h2,4-6H,3,16H2,1H3. The molecule has 0 fully saturated rings. The van der Waals surface area contributed by atoms with Gasteiger partial charge in [0.2, 0.25) is 5.82 Å². The van der Waals surface area contributed by atoms with E-state index >= 15 is 0 Å². The first-order chi connectivity index (χ1) is 8.91. The predicted octanol–water partition coefficient (Wildman–Crippen LogP) is 2.32. The molecule has 0 aliphatic carbocycles. The molecule has 0 spiro atoms. The lowest BCUT2D eigenvalue weighted by Gasteiger charge is -2.07. The molecule has 2 N–H and O–H groups in total. The molecule has 0 unspecified atom stereocenters. The second kappa shape index (κ2) is 4.93. The van der Waals surface area contributed by atoms with Crippen LogP contribution in [0.1, 0.15) is 17.1 Å². The van der Waals surface area contributed by atoms with Crippen LogP contribution in [-0.4, -0.2) is 15.0 Å². The van der Waals surface area contributed by atoms with Crippen molar-refractivity contribution in [2.24, 2.45) is 5.73 Å². The molecular formula is C12H11F3N4. The van der Waals surface area contributed by atoms with E-state index in [1.807, 2.05) is 6.92 Å². The van der Waals surface area contributed by atoms with Crippen LogP contribution in [0.2, 0.25) is 0 Å². The van der Waals surface area contributed by atoms with Crippen molar-refractivity contribution in [2.75, 3.05) is 0 Å². The lowest BCUT2D eigenvalue weighted by Crippen LogP contribution is -2.10. The number of rotatable bonds is 2. The highest BCUT2D eigenvalue weighted by molar-refractivity contribution is 5.61. The molecule has 0 aromatic carbocycles. The number of halogens is 3. The Kier molecular flexibility index (Phi) is 3.48. The molecule has 2 rings (SSSR count). The van der Waals surface area contributed by atoms with E-state index in [9.17, 15) is 13.2 Å². The van der Waals surface area contributed by atoms with Crippen LogP contribution in [0.15, 0.2) is 24.7 Å². The highest BCUT2D eigenvalue weighted by Crippen LogP contribution is 2.27. The molecule has 4 nitrogen and oxygen atoms in total. The molecule has 2 aromatic heterocycles. The smallest absolute Gasteiger partial charge is 0.326 e. The van der Waals surface area contributed by atoms with Gasteiger partial charge in [0.05, 0.1) is 0 Å². The van der Waals surface area contributed by atoms with Crippen molar-refractivity contribution in [3.8, 4) is 11.1 Å². The minimum Gasteiger partial charge on any atom is -0.326 e. The Hall–Kier alpha value is -2.02. The third-order valence-corrected chi connectivity index (χ3v) is 2.65. The number of aryl methyl sites for hydroxylation is 1. The summed E-state index contributed by atoms with van der Waals surface area (Å²) in [6.45, 7) is 2.13. The molecule has 7 heteroatoms. The Morgan fingerprint density at radius 2 is 1.63 bits per heavy atom. The van der Waals surface area contributed by atoms with Crippen molar-refractivity contribution in [2.45, 2.75) is 19.6 Å². The second-order valence-corrected chi connectivity index (χ2v) is 3.97. The molecule has 0 saturated heterocycles. The molecule has 100 valence electrons. The molecule has 2 aromatic rings. The topological polar surface area (TPSA) is 64.7 Å². The fourth-order valence-corrected chi connectivity index (χ4v) is 1.57. The number of alkyl halides is 3. The normalized spacial score (nSPS) is 11.6. The summed E-state index contributed by atoms with van der Waals surface area (Å²) < 4.78 is 37.0. The SMILES string of the molecule is Cc1ncc(-c2cnc(C(F)(F)F)nc2)cc1CN. The molecule has 0 atom stereocenters. The molecule has 0 aliphatic rings. The summed E-state index contributed by atoms with van der Waals surface area (Å²) in [4.78, 5) is 10.8. The summed E-state index contributed by atoms with van der Waals surface area (Å²) in [5.74, 6) is -1.16. The fraction of sp³-hybridized carbons (Fsp3) is 0.250. The van der Waals surface area contributed by atoms with Crippen LogP contribution < -0.4 is 5.73 Å². The van der Waals surface area contributed by atoms with Gasteiger partial charge in [-0.05, 0) is 18.6 Å². The zero-order chi connectivity index (χ0) is 14.0. The zero-order valence-electron chi connectivity index (χ0n) is 10.1. The fourth-order valence-electron chi connectivity index (χ4n) is 1.57. The molecule has 0 saturated carbocycles. The first kappa shape index (κ1) is 13.4. The van der Waals surface area contributed by atoms with E-state index in [1.54, 1.807) is 12.3 Å². The second-order valence-electron chi connectivity index (χ2n) is 3.97. The van der Waals surface area contributed by atoms with Crippen molar-refractivity contribution < 1.29 is 13.2 Å². The number of nitrogens with zero attached hydrogens (tertiary/aromatic N) is 3. The summed E-state index contributed by atoms with van der Waals surface area (Å²) in [5, 5.41) is 0. The highest BCUT2D eigenvalue weighted by Gasteiger charge is 2.34. The first-order valence-electron chi connectivity index (χ1n) is 5.47. The number of hydrogen-bond donors (Lipinski definition) is 1. The third-order valence-electron chi connectivity index (χ3n) is 2.65. The summed E-state index contributed by atoms with van der Waals surface area (Å²) in [6.07, 6.45) is -0.724. The first-order valence-corrected chi connectivity index (χ1v) is 5.47. The minimum absolute atomic E-state index is 0.314. The summed E-state index contributed by atoms with van der Waals surface area (Å²) >= 11 is 0. The van der Waals surface area contributed by atoms with Gasteiger partial charge in [-0.1, -0.05) is 0 Å². The van der Waals surface area contributed by atoms with Crippen molar-refractivity contribution in [3.63, 3.8) is 0 Å². The van der Waals surface area contributed by atoms with E-state index in [4.69, 9.17) is 5.73 Å². The van der Waals surface area contributed by atoms with E-state index in [0.29, 0.717) is 17.7 Å². The molecule has 0 amide bonds. The zero-order valence-corrected chi connectivity index (χ0v) is 10.1. The average Bonchev–Trinajstić information content (AvgIpc) is 2.38. The van der Waals surface area contributed by atoms with Gasteiger partial charge in [0.1, 0.15) is 0 Å². The molecule has 2 heterocycles. The summed E-state index contributed by atoms with van der Waals surface area (Å²) in [7, 11) is 0.